The van der Waals surface area contributed by atoms with E-state index in [-0.39, 0.29) is 36.8 Å². The van der Waals surface area contributed by atoms with Crippen molar-refractivity contribution < 1.29 is 29.0 Å². The highest BCUT2D eigenvalue weighted by Gasteiger charge is 2.80. The fourth-order valence-electron chi connectivity index (χ4n) is 7.97. The minimum Gasteiger partial charge on any atom is -0.396 e. The van der Waals surface area contributed by atoms with Crippen molar-refractivity contribution in [3.63, 3.8) is 0 Å². The van der Waals surface area contributed by atoms with Gasteiger partial charge in [0.2, 0.25) is 17.7 Å². The molecule has 10 heteroatoms. The van der Waals surface area contributed by atoms with Crippen LogP contribution in [-0.4, -0.2) is 125 Å². The number of carbonyl (C=O) groups excluding carboxylic acids is 3. The van der Waals surface area contributed by atoms with Crippen LogP contribution in [0.25, 0.3) is 0 Å². The van der Waals surface area contributed by atoms with Gasteiger partial charge in [-0.25, -0.2) is 0 Å². The Labute approximate surface area is 261 Å². The first-order valence-corrected chi connectivity index (χ1v) is 16.0. The number of nitrogens with zero attached hydrogens (tertiary/aromatic N) is 4. The average Bonchev–Trinajstić information content (AvgIpc) is 3.54. The second-order valence-corrected chi connectivity index (χ2v) is 12.8. The maximum Gasteiger partial charge on any atom is 0.248 e. The van der Waals surface area contributed by atoms with Crippen LogP contribution in [0.1, 0.15) is 32.3 Å². The molecule has 10 nitrogen and oxygen atoms in total. The molecule has 4 aliphatic rings. The van der Waals surface area contributed by atoms with Crippen LogP contribution in [0.4, 0.5) is 0 Å². The molecular formula is C34H48N4O6. The van der Waals surface area contributed by atoms with Crippen molar-refractivity contribution in [2.45, 2.75) is 50.5 Å². The second kappa shape index (κ2) is 13.5. The predicted molar refractivity (Wildman–Crippen MR) is 166 cm³/mol. The van der Waals surface area contributed by atoms with Gasteiger partial charge in [0.05, 0.1) is 30.7 Å². The fourth-order valence-corrected chi connectivity index (χ4v) is 7.97. The lowest BCUT2D eigenvalue weighted by Crippen LogP contribution is -2.57. The number of amides is 3. The molecule has 0 aromatic heterocycles. The molecule has 1 N–H and O–H groups in total. The molecule has 2 bridgehead atoms. The molecule has 4 aliphatic heterocycles. The van der Waals surface area contributed by atoms with Crippen LogP contribution in [-0.2, 0) is 30.4 Å². The largest absolute Gasteiger partial charge is 0.396 e. The monoisotopic (exact) mass is 608 g/mol. The van der Waals surface area contributed by atoms with E-state index in [2.05, 4.69) is 25.0 Å². The van der Waals surface area contributed by atoms with Gasteiger partial charge in [-0.05, 0) is 31.2 Å². The Bertz CT molecular complexity index is 1220. The molecule has 1 spiro atoms. The van der Waals surface area contributed by atoms with Gasteiger partial charge in [-0.15, -0.1) is 13.2 Å². The molecule has 3 unspecified atom stereocenters. The number of aliphatic hydroxyl groups is 1. The molecule has 5 rings (SSSR count). The van der Waals surface area contributed by atoms with E-state index in [0.29, 0.717) is 58.8 Å². The summed E-state index contributed by atoms with van der Waals surface area (Å²) < 4.78 is 12.4. The summed E-state index contributed by atoms with van der Waals surface area (Å²) in [6.45, 7) is 17.0. The van der Waals surface area contributed by atoms with Crippen molar-refractivity contribution in [2.24, 2.45) is 17.8 Å². The lowest BCUT2D eigenvalue weighted by molar-refractivity contribution is -0.155. The lowest BCUT2D eigenvalue weighted by atomic mass is 9.62. The molecule has 4 fully saturated rings. The molecule has 0 saturated carbocycles. The number of carbonyl (C=O) groups is 3. The quantitative estimate of drug-likeness (QED) is 0.322. The van der Waals surface area contributed by atoms with Crippen LogP contribution in [0.2, 0.25) is 0 Å². The zero-order valence-electron chi connectivity index (χ0n) is 26.2. The van der Waals surface area contributed by atoms with Crippen molar-refractivity contribution in [3.8, 4) is 0 Å². The number of hydrogen-bond acceptors (Lipinski definition) is 7. The fraction of sp³-hybridized carbons (Fsp3) is 0.618. The number of fused-ring (bicyclic) bond motifs is 1. The molecule has 44 heavy (non-hydrogen) atoms. The normalized spacial score (nSPS) is 31.2. The number of morpholine rings is 1. The van der Waals surface area contributed by atoms with Gasteiger partial charge < -0.3 is 29.3 Å². The molecular weight excluding hydrogens is 560 g/mol. The van der Waals surface area contributed by atoms with Crippen LogP contribution in [0.15, 0.2) is 55.6 Å². The number of aliphatic hydroxyl groups excluding tert-OH is 1. The van der Waals surface area contributed by atoms with Crippen molar-refractivity contribution in [1.29, 1.82) is 0 Å². The van der Waals surface area contributed by atoms with Crippen LogP contribution in [0.5, 0.6) is 0 Å². The summed E-state index contributed by atoms with van der Waals surface area (Å²) in [6, 6.07) is 8.88. The highest BCUT2D eigenvalue weighted by atomic mass is 16.5. The molecule has 1 aromatic carbocycles. The predicted octanol–water partition coefficient (Wildman–Crippen LogP) is 1.94. The van der Waals surface area contributed by atoms with Crippen molar-refractivity contribution in [1.82, 2.24) is 19.6 Å². The minimum atomic E-state index is -1.14. The molecule has 1 aromatic rings. The van der Waals surface area contributed by atoms with Gasteiger partial charge in [-0.3, -0.25) is 19.3 Å². The van der Waals surface area contributed by atoms with Gasteiger partial charge in [-0.2, -0.15) is 0 Å². The lowest BCUT2D eigenvalue weighted by Gasteiger charge is -2.39. The van der Waals surface area contributed by atoms with Crippen molar-refractivity contribution in [2.75, 3.05) is 65.6 Å². The molecule has 240 valence electrons. The third-order valence-corrected chi connectivity index (χ3v) is 10.2. The highest BCUT2D eigenvalue weighted by molar-refractivity contribution is 5.99. The van der Waals surface area contributed by atoms with E-state index < -0.39 is 29.1 Å². The topological polar surface area (TPSA) is 103 Å². The van der Waals surface area contributed by atoms with Gasteiger partial charge in [0.15, 0.2) is 0 Å². The van der Waals surface area contributed by atoms with Crippen molar-refractivity contribution >= 4 is 17.7 Å². The summed E-state index contributed by atoms with van der Waals surface area (Å²) in [5, 5.41) is 9.72. The Morgan fingerprint density at radius 2 is 1.75 bits per heavy atom. The zero-order valence-corrected chi connectivity index (χ0v) is 26.2. The van der Waals surface area contributed by atoms with Gasteiger partial charge in [0.25, 0.3) is 0 Å². The van der Waals surface area contributed by atoms with Crippen LogP contribution in [0, 0.1) is 17.8 Å². The summed E-state index contributed by atoms with van der Waals surface area (Å²) >= 11 is 0. The first-order chi connectivity index (χ1) is 21.2. The summed E-state index contributed by atoms with van der Waals surface area (Å²) in [5.41, 5.74) is -1.06. The first-order valence-electron chi connectivity index (χ1n) is 16.0. The van der Waals surface area contributed by atoms with E-state index in [1.807, 2.05) is 37.3 Å². The van der Waals surface area contributed by atoms with E-state index in [1.54, 1.807) is 26.9 Å². The third-order valence-electron chi connectivity index (χ3n) is 10.2. The maximum absolute atomic E-state index is 14.6. The summed E-state index contributed by atoms with van der Waals surface area (Å²) in [6.07, 6.45) is 4.24. The van der Waals surface area contributed by atoms with E-state index in [9.17, 15) is 19.5 Å². The number of hydrogen-bond donors (Lipinski definition) is 1. The second-order valence-electron chi connectivity index (χ2n) is 12.8. The third kappa shape index (κ3) is 5.73. The highest BCUT2D eigenvalue weighted by Crippen LogP contribution is 2.65. The Hall–Kier alpha value is -3.05. The van der Waals surface area contributed by atoms with Gasteiger partial charge in [0.1, 0.15) is 11.6 Å². The Kier molecular flexibility index (Phi) is 9.94. The van der Waals surface area contributed by atoms with E-state index in [1.165, 1.54) is 0 Å². The number of likely N-dealkylation sites (tertiary alicyclic amines) is 1. The molecule has 4 saturated heterocycles. The smallest absolute Gasteiger partial charge is 0.248 e. The van der Waals surface area contributed by atoms with Crippen LogP contribution in [0.3, 0.4) is 0 Å². The molecule has 3 amide bonds. The van der Waals surface area contributed by atoms with Gasteiger partial charge in [0, 0.05) is 59.0 Å². The molecule has 4 heterocycles. The Balaban J connectivity index is 1.49. The van der Waals surface area contributed by atoms with E-state index in [4.69, 9.17) is 9.47 Å². The Morgan fingerprint density at radius 1 is 1.07 bits per heavy atom. The standard InChI is InChI=1S/C34H48N4O6/c1-5-13-36(17-16-35-18-21-43-22-19-35)32(42)29-34-23-25(3)33(4,44-34)27(28(34)31(41)38(29)15-10-20-39)30(40)37(14-6-2)24-26-11-8-7-9-12-26/h5-9,11-12,25,27-29,39H,1-2,10,13-24H2,3-4H3/t25?,27-,28+,29?,33+,34?/m1/s1. The molecule has 0 aliphatic carbocycles. The minimum absolute atomic E-state index is 0.0582. The van der Waals surface area contributed by atoms with Crippen LogP contribution < -0.4 is 0 Å². The SMILES string of the molecule is C=CCN(CCN1CCOCC1)C(=O)C1N(CCCO)C(=O)[C@@H]2[C@H](C(=O)N(CC=C)Cc3ccccc3)[C@@]3(C)OC12CC3C. The van der Waals surface area contributed by atoms with Gasteiger partial charge >= 0.3 is 0 Å². The van der Waals surface area contributed by atoms with E-state index in [0.717, 1.165) is 18.7 Å². The van der Waals surface area contributed by atoms with E-state index >= 15 is 0 Å². The summed E-state index contributed by atoms with van der Waals surface area (Å²) in [7, 11) is 0. The van der Waals surface area contributed by atoms with Crippen molar-refractivity contribution in [3.05, 3.63) is 61.2 Å². The Morgan fingerprint density at radius 3 is 2.41 bits per heavy atom. The summed E-state index contributed by atoms with van der Waals surface area (Å²) in [5.74, 6) is -2.19. The molecule has 0 radical (unpaired) electrons. The van der Waals surface area contributed by atoms with Crippen LogP contribution >= 0.6 is 0 Å². The number of benzene rings is 1. The number of rotatable bonds is 14. The molecule has 6 atom stereocenters. The number of ether oxygens (including phenoxy) is 2. The maximum atomic E-state index is 14.6. The first kappa shape index (κ1) is 32.3. The summed E-state index contributed by atoms with van der Waals surface area (Å²) in [4.78, 5) is 51.0. The van der Waals surface area contributed by atoms with Gasteiger partial charge in [-0.1, -0.05) is 49.4 Å². The average molecular weight is 609 g/mol. The zero-order chi connectivity index (χ0) is 31.5.